The number of carbonyl (C=O) groups is 1. The Kier molecular flexibility index (Phi) is 5.58. The molecule has 2 heterocycles. The second kappa shape index (κ2) is 7.88. The molecule has 1 N–H and O–H groups in total. The van der Waals surface area contributed by atoms with Crippen LogP contribution in [0.25, 0.3) is 0 Å². The van der Waals surface area contributed by atoms with Gasteiger partial charge < -0.3 is 14.6 Å². The Balaban J connectivity index is 1.75. The zero-order valence-electron chi connectivity index (χ0n) is 14.4. The molecule has 140 valence electrons. The lowest BCUT2D eigenvalue weighted by molar-refractivity contribution is -0.117. The van der Waals surface area contributed by atoms with E-state index in [1.165, 1.54) is 35.9 Å². The minimum absolute atomic E-state index is 0.0717. The number of anilines is 1. The van der Waals surface area contributed by atoms with Gasteiger partial charge in [-0.1, -0.05) is 11.6 Å². The van der Waals surface area contributed by atoms with Crippen molar-refractivity contribution in [2.45, 2.75) is 36.6 Å². The van der Waals surface area contributed by atoms with Crippen molar-refractivity contribution in [2.75, 3.05) is 19.0 Å². The van der Waals surface area contributed by atoms with E-state index in [2.05, 4.69) is 15.0 Å². The van der Waals surface area contributed by atoms with Crippen molar-refractivity contribution in [1.82, 2.24) is 9.46 Å². The van der Waals surface area contributed by atoms with Crippen molar-refractivity contribution in [3.8, 4) is 5.75 Å². The van der Waals surface area contributed by atoms with E-state index in [0.717, 1.165) is 12.8 Å². The van der Waals surface area contributed by atoms with Crippen LogP contribution < -0.4 is 10.1 Å². The molecule has 1 amide bonds. The largest absolute Gasteiger partial charge is 0.497 e. The Morgan fingerprint density at radius 3 is 2.73 bits per heavy atom. The number of piperidine rings is 1. The van der Waals surface area contributed by atoms with Crippen LogP contribution >= 0.6 is 0 Å². The van der Waals surface area contributed by atoms with Gasteiger partial charge in [-0.2, -0.15) is 4.31 Å². The van der Waals surface area contributed by atoms with Crippen molar-refractivity contribution in [3.63, 3.8) is 0 Å². The number of aromatic nitrogens is 1. The van der Waals surface area contributed by atoms with Crippen molar-refractivity contribution >= 4 is 21.7 Å². The van der Waals surface area contributed by atoms with Crippen LogP contribution in [0, 0.1) is 0 Å². The normalized spacial score (nSPS) is 18.4. The average Bonchev–Trinajstić information content (AvgIpc) is 3.15. The molecule has 8 nitrogen and oxygen atoms in total. The van der Waals surface area contributed by atoms with Gasteiger partial charge in [-0.05, 0) is 37.1 Å². The molecule has 0 radical (unpaired) electrons. The third-order valence-electron chi connectivity index (χ3n) is 4.37. The number of methoxy groups -OCH3 is 1. The molecule has 2 aromatic rings. The molecular weight excluding hydrogens is 358 g/mol. The number of nitrogens with zero attached hydrogens (tertiary/aromatic N) is 2. The molecule has 0 aliphatic carbocycles. The Hall–Kier alpha value is -2.39. The molecule has 1 aromatic carbocycles. The first kappa shape index (κ1) is 18.4. The zero-order chi connectivity index (χ0) is 18.6. The third-order valence-corrected chi connectivity index (χ3v) is 6.33. The maximum atomic E-state index is 13.0. The van der Waals surface area contributed by atoms with Gasteiger partial charge in [0.15, 0.2) is 5.82 Å². The topological polar surface area (TPSA) is 102 Å². The lowest BCUT2D eigenvalue weighted by Crippen LogP contribution is -2.45. The third kappa shape index (κ3) is 4.05. The summed E-state index contributed by atoms with van der Waals surface area (Å²) >= 11 is 0. The van der Waals surface area contributed by atoms with Crippen molar-refractivity contribution in [2.24, 2.45) is 0 Å². The fourth-order valence-electron chi connectivity index (χ4n) is 3.06. The van der Waals surface area contributed by atoms with Gasteiger partial charge in [0.05, 0.1) is 12.0 Å². The highest BCUT2D eigenvalue weighted by molar-refractivity contribution is 7.89. The molecule has 26 heavy (non-hydrogen) atoms. The average molecular weight is 379 g/mol. The van der Waals surface area contributed by atoms with Crippen LogP contribution in [0.4, 0.5) is 5.82 Å². The molecule has 1 aliphatic rings. The number of carbonyl (C=O) groups excluding carboxylic acids is 1. The molecule has 9 heteroatoms. The molecule has 1 aliphatic heterocycles. The second-order valence-corrected chi connectivity index (χ2v) is 7.97. The van der Waals surface area contributed by atoms with Crippen LogP contribution in [0.5, 0.6) is 5.75 Å². The Morgan fingerprint density at radius 2 is 2.08 bits per heavy atom. The lowest BCUT2D eigenvalue weighted by atomic mass is 10.0. The Bertz CT molecular complexity index is 834. The molecule has 1 aromatic heterocycles. The van der Waals surface area contributed by atoms with Crippen molar-refractivity contribution in [1.29, 1.82) is 0 Å². The van der Waals surface area contributed by atoms with Gasteiger partial charge in [-0.3, -0.25) is 4.79 Å². The molecule has 1 atom stereocenters. The van der Waals surface area contributed by atoms with E-state index in [4.69, 9.17) is 4.74 Å². The molecule has 1 fully saturated rings. The highest BCUT2D eigenvalue weighted by atomic mass is 32.2. The molecular formula is C17H21N3O5S. The monoisotopic (exact) mass is 379 g/mol. The number of nitrogens with one attached hydrogen (secondary N) is 1. The van der Waals surface area contributed by atoms with E-state index in [0.29, 0.717) is 24.5 Å². The van der Waals surface area contributed by atoms with E-state index >= 15 is 0 Å². The number of amides is 1. The van der Waals surface area contributed by atoms with E-state index in [9.17, 15) is 13.2 Å². The highest BCUT2D eigenvalue weighted by Gasteiger charge is 2.34. The quantitative estimate of drug-likeness (QED) is 0.826. The number of hydrogen-bond donors (Lipinski definition) is 1. The van der Waals surface area contributed by atoms with Gasteiger partial charge in [0, 0.05) is 25.1 Å². The molecule has 0 saturated carbocycles. The van der Waals surface area contributed by atoms with Gasteiger partial charge in [-0.25, -0.2) is 8.42 Å². The zero-order valence-corrected chi connectivity index (χ0v) is 15.2. The van der Waals surface area contributed by atoms with Crippen LogP contribution in [0.15, 0.2) is 46.0 Å². The van der Waals surface area contributed by atoms with Gasteiger partial charge >= 0.3 is 0 Å². The highest BCUT2D eigenvalue weighted by Crippen LogP contribution is 2.28. The summed E-state index contributed by atoms with van der Waals surface area (Å²) in [5.41, 5.74) is 0. The maximum Gasteiger partial charge on any atom is 0.243 e. The Labute approximate surface area is 152 Å². The van der Waals surface area contributed by atoms with E-state index in [-0.39, 0.29) is 23.3 Å². The van der Waals surface area contributed by atoms with Gasteiger partial charge in [-0.15, -0.1) is 0 Å². The molecule has 1 saturated heterocycles. The minimum atomic E-state index is -3.68. The Morgan fingerprint density at radius 1 is 1.31 bits per heavy atom. The predicted molar refractivity (Wildman–Crippen MR) is 94.3 cm³/mol. The van der Waals surface area contributed by atoms with Crippen LogP contribution in [0.1, 0.15) is 25.7 Å². The summed E-state index contributed by atoms with van der Waals surface area (Å²) in [6.07, 6.45) is 3.73. The summed E-state index contributed by atoms with van der Waals surface area (Å²) < 4.78 is 37.2. The SMILES string of the molecule is COc1ccc(S(=O)(=O)N2CCCC[C@@H]2CC(=O)Nc2ccon2)cc1. The molecule has 0 unspecified atom stereocenters. The summed E-state index contributed by atoms with van der Waals surface area (Å²) in [5, 5.41) is 6.24. The molecule has 0 spiro atoms. The second-order valence-electron chi connectivity index (χ2n) is 6.08. The first-order valence-corrected chi connectivity index (χ1v) is 9.81. The predicted octanol–water partition coefficient (Wildman–Crippen LogP) is 2.26. The van der Waals surface area contributed by atoms with Crippen LogP contribution in [-0.4, -0.2) is 43.5 Å². The summed E-state index contributed by atoms with van der Waals surface area (Å²) in [5.74, 6) is 0.613. The van der Waals surface area contributed by atoms with Crippen LogP contribution in [0.2, 0.25) is 0 Å². The summed E-state index contributed by atoms with van der Waals surface area (Å²) in [4.78, 5) is 12.4. The maximum absolute atomic E-state index is 13.0. The number of rotatable bonds is 6. The minimum Gasteiger partial charge on any atom is -0.497 e. The number of hydrogen-bond acceptors (Lipinski definition) is 6. The van der Waals surface area contributed by atoms with Gasteiger partial charge in [0.2, 0.25) is 15.9 Å². The van der Waals surface area contributed by atoms with Gasteiger partial charge in [0.1, 0.15) is 12.0 Å². The number of sulfonamides is 1. The van der Waals surface area contributed by atoms with E-state index in [1.54, 1.807) is 12.1 Å². The molecule has 0 bridgehead atoms. The van der Waals surface area contributed by atoms with Crippen molar-refractivity contribution in [3.05, 3.63) is 36.6 Å². The lowest BCUT2D eigenvalue weighted by Gasteiger charge is -2.34. The first-order chi connectivity index (χ1) is 12.5. The first-order valence-electron chi connectivity index (χ1n) is 8.37. The number of benzene rings is 1. The van der Waals surface area contributed by atoms with Crippen molar-refractivity contribution < 1.29 is 22.5 Å². The van der Waals surface area contributed by atoms with E-state index < -0.39 is 10.0 Å². The summed E-state index contributed by atoms with van der Waals surface area (Å²) in [7, 11) is -2.15. The standard InChI is InChI=1S/C17H21N3O5S/c1-24-14-5-7-15(8-6-14)26(22,23)20-10-3-2-4-13(20)12-17(21)18-16-9-11-25-19-16/h5-9,11,13H,2-4,10,12H2,1H3,(H,18,19,21)/t13-/m1/s1. The fraction of sp³-hybridized carbons (Fsp3) is 0.412. The summed E-state index contributed by atoms with van der Waals surface area (Å²) in [6, 6.07) is 7.42. The summed E-state index contributed by atoms with van der Waals surface area (Å²) in [6.45, 7) is 0.399. The molecule has 3 rings (SSSR count). The van der Waals surface area contributed by atoms with Crippen LogP contribution in [0.3, 0.4) is 0 Å². The smallest absolute Gasteiger partial charge is 0.243 e. The van der Waals surface area contributed by atoms with Gasteiger partial charge in [0.25, 0.3) is 0 Å². The van der Waals surface area contributed by atoms with Crippen LogP contribution in [-0.2, 0) is 14.8 Å². The fourth-order valence-corrected chi connectivity index (χ4v) is 4.76. The van der Waals surface area contributed by atoms with E-state index in [1.807, 2.05) is 0 Å². The number of ether oxygens (including phenoxy) is 1.